The van der Waals surface area contributed by atoms with Gasteiger partial charge in [0.25, 0.3) is 0 Å². The Hall–Kier alpha value is -0.770. The second kappa shape index (κ2) is 8.41. The van der Waals surface area contributed by atoms with Crippen LogP contribution in [0.2, 0.25) is 0 Å². The first-order chi connectivity index (χ1) is 9.38. The van der Waals surface area contributed by atoms with Crippen molar-refractivity contribution in [3.8, 4) is 0 Å². The minimum absolute atomic E-state index is 0.461. The van der Waals surface area contributed by atoms with E-state index >= 15 is 0 Å². The maximum atomic E-state index is 5.63. The maximum absolute atomic E-state index is 5.63. The highest BCUT2D eigenvalue weighted by Gasteiger charge is 2.16. The van der Waals surface area contributed by atoms with Gasteiger partial charge in [-0.3, -0.25) is 5.43 Å². The van der Waals surface area contributed by atoms with Crippen molar-refractivity contribution in [2.75, 3.05) is 0 Å². The van der Waals surface area contributed by atoms with Gasteiger partial charge in [-0.2, -0.15) is 0 Å². The SMILES string of the molecule is NNC(=NC1CCCCCCC1)NC1CCCCC1. The van der Waals surface area contributed by atoms with E-state index in [4.69, 9.17) is 10.8 Å². The summed E-state index contributed by atoms with van der Waals surface area (Å²) in [6.07, 6.45) is 15.8. The smallest absolute Gasteiger partial charge is 0.206 e. The van der Waals surface area contributed by atoms with Crippen molar-refractivity contribution in [2.45, 2.75) is 89.1 Å². The third kappa shape index (κ3) is 5.39. The van der Waals surface area contributed by atoms with Gasteiger partial charge in [0.1, 0.15) is 0 Å². The number of hydrazine groups is 1. The van der Waals surface area contributed by atoms with Crippen LogP contribution >= 0.6 is 0 Å². The summed E-state index contributed by atoms with van der Waals surface area (Å²) < 4.78 is 0. The summed E-state index contributed by atoms with van der Waals surface area (Å²) >= 11 is 0. The molecular weight excluding hydrogens is 236 g/mol. The molecular formula is C15H30N4. The highest BCUT2D eigenvalue weighted by molar-refractivity contribution is 5.79. The van der Waals surface area contributed by atoms with Crippen molar-refractivity contribution in [1.29, 1.82) is 0 Å². The highest BCUT2D eigenvalue weighted by atomic mass is 15.3. The van der Waals surface area contributed by atoms with Gasteiger partial charge < -0.3 is 5.32 Å². The number of aliphatic imine (C=N–C) groups is 1. The minimum atomic E-state index is 0.461. The van der Waals surface area contributed by atoms with Crippen LogP contribution in [0.1, 0.15) is 77.0 Å². The monoisotopic (exact) mass is 266 g/mol. The molecule has 0 bridgehead atoms. The Kier molecular flexibility index (Phi) is 6.48. The fourth-order valence-corrected chi connectivity index (χ4v) is 3.30. The molecule has 2 rings (SSSR count). The topological polar surface area (TPSA) is 62.4 Å². The van der Waals surface area contributed by atoms with Gasteiger partial charge in [-0.15, -0.1) is 0 Å². The molecule has 2 fully saturated rings. The first kappa shape index (κ1) is 14.6. The van der Waals surface area contributed by atoms with Gasteiger partial charge in [-0.05, 0) is 25.7 Å². The molecule has 0 aliphatic heterocycles. The van der Waals surface area contributed by atoms with Crippen molar-refractivity contribution in [3.63, 3.8) is 0 Å². The predicted octanol–water partition coefficient (Wildman–Crippen LogP) is 2.84. The first-order valence-corrected chi connectivity index (χ1v) is 8.19. The van der Waals surface area contributed by atoms with E-state index in [9.17, 15) is 0 Å². The molecule has 4 nitrogen and oxygen atoms in total. The molecule has 0 aromatic carbocycles. The number of hydrogen-bond donors (Lipinski definition) is 3. The van der Waals surface area contributed by atoms with E-state index in [2.05, 4.69) is 10.7 Å². The van der Waals surface area contributed by atoms with Crippen LogP contribution in [0.5, 0.6) is 0 Å². The van der Waals surface area contributed by atoms with E-state index in [1.54, 1.807) is 0 Å². The number of hydrogen-bond acceptors (Lipinski definition) is 2. The molecule has 0 spiro atoms. The van der Waals surface area contributed by atoms with E-state index in [-0.39, 0.29) is 0 Å². The van der Waals surface area contributed by atoms with Crippen molar-refractivity contribution in [2.24, 2.45) is 10.8 Å². The Bertz CT molecular complexity index is 263. The second-order valence-corrected chi connectivity index (χ2v) is 6.10. The van der Waals surface area contributed by atoms with Gasteiger partial charge in [0.15, 0.2) is 0 Å². The Morgan fingerprint density at radius 3 is 1.95 bits per heavy atom. The van der Waals surface area contributed by atoms with Crippen LogP contribution in [0.3, 0.4) is 0 Å². The number of nitrogens with two attached hydrogens (primary N) is 1. The highest BCUT2D eigenvalue weighted by Crippen LogP contribution is 2.20. The lowest BCUT2D eigenvalue weighted by Crippen LogP contribution is -2.47. The van der Waals surface area contributed by atoms with Crippen LogP contribution in [0.15, 0.2) is 4.99 Å². The molecule has 0 saturated heterocycles. The Balaban J connectivity index is 1.84. The summed E-state index contributed by atoms with van der Waals surface area (Å²) in [5, 5.41) is 3.50. The molecule has 2 aliphatic carbocycles. The summed E-state index contributed by atoms with van der Waals surface area (Å²) in [5.41, 5.74) is 2.77. The average molecular weight is 266 g/mol. The molecule has 2 aliphatic rings. The summed E-state index contributed by atoms with van der Waals surface area (Å²) in [6, 6.07) is 1.03. The largest absolute Gasteiger partial charge is 0.353 e. The zero-order valence-corrected chi connectivity index (χ0v) is 12.2. The number of guanidine groups is 1. The average Bonchev–Trinajstić information content (AvgIpc) is 2.41. The van der Waals surface area contributed by atoms with Crippen molar-refractivity contribution in [1.82, 2.24) is 10.7 Å². The van der Waals surface area contributed by atoms with Crippen LogP contribution in [-0.2, 0) is 0 Å². The molecule has 0 atom stereocenters. The first-order valence-electron chi connectivity index (χ1n) is 8.19. The van der Waals surface area contributed by atoms with Crippen LogP contribution in [0.4, 0.5) is 0 Å². The molecule has 0 aromatic heterocycles. The zero-order valence-electron chi connectivity index (χ0n) is 12.2. The summed E-state index contributed by atoms with van der Waals surface area (Å²) in [4.78, 5) is 4.82. The Morgan fingerprint density at radius 2 is 1.32 bits per heavy atom. The number of nitrogens with zero attached hydrogens (tertiary/aromatic N) is 1. The lowest BCUT2D eigenvalue weighted by atomic mass is 9.95. The van der Waals surface area contributed by atoms with E-state index in [0.717, 1.165) is 5.96 Å². The zero-order chi connectivity index (χ0) is 13.3. The van der Waals surface area contributed by atoms with Gasteiger partial charge in [0.2, 0.25) is 5.96 Å². The Labute approximate surface area is 117 Å². The molecule has 19 heavy (non-hydrogen) atoms. The van der Waals surface area contributed by atoms with Crippen LogP contribution in [-0.4, -0.2) is 18.0 Å². The standard InChI is InChI=1S/C15H30N4/c16-19-15(18-14-11-7-4-8-12-14)17-13-9-5-2-1-3-6-10-13/h13-14H,1-12,16H2,(H2,17,18,19). The predicted molar refractivity (Wildman–Crippen MR) is 80.9 cm³/mol. The quantitative estimate of drug-likeness (QED) is 0.312. The lowest BCUT2D eigenvalue weighted by molar-refractivity contribution is 0.406. The molecule has 0 radical (unpaired) electrons. The van der Waals surface area contributed by atoms with Crippen LogP contribution in [0, 0.1) is 0 Å². The number of rotatable bonds is 2. The van der Waals surface area contributed by atoms with Gasteiger partial charge in [-0.25, -0.2) is 10.8 Å². The normalized spacial score (nSPS) is 24.6. The van der Waals surface area contributed by atoms with E-state index in [1.807, 2.05) is 0 Å². The van der Waals surface area contributed by atoms with Gasteiger partial charge in [0.05, 0.1) is 6.04 Å². The van der Waals surface area contributed by atoms with Crippen LogP contribution < -0.4 is 16.6 Å². The molecule has 4 heteroatoms. The molecule has 0 unspecified atom stereocenters. The van der Waals surface area contributed by atoms with Crippen molar-refractivity contribution >= 4 is 5.96 Å². The van der Waals surface area contributed by atoms with Crippen molar-refractivity contribution < 1.29 is 0 Å². The molecule has 0 heterocycles. The molecule has 2 saturated carbocycles. The minimum Gasteiger partial charge on any atom is -0.353 e. The number of nitrogens with one attached hydrogen (secondary N) is 2. The maximum Gasteiger partial charge on any atom is 0.206 e. The lowest BCUT2D eigenvalue weighted by Gasteiger charge is -2.25. The fraction of sp³-hybridized carbons (Fsp3) is 0.933. The Morgan fingerprint density at radius 1 is 0.789 bits per heavy atom. The van der Waals surface area contributed by atoms with Gasteiger partial charge in [0, 0.05) is 6.04 Å². The molecule has 4 N–H and O–H groups in total. The van der Waals surface area contributed by atoms with Crippen molar-refractivity contribution in [3.05, 3.63) is 0 Å². The van der Waals surface area contributed by atoms with E-state index in [0.29, 0.717) is 12.1 Å². The third-order valence-electron chi connectivity index (χ3n) is 4.47. The van der Waals surface area contributed by atoms with Gasteiger partial charge >= 0.3 is 0 Å². The summed E-state index contributed by atoms with van der Waals surface area (Å²) in [5.74, 6) is 6.45. The van der Waals surface area contributed by atoms with Crippen LogP contribution in [0.25, 0.3) is 0 Å². The fourth-order valence-electron chi connectivity index (χ4n) is 3.30. The van der Waals surface area contributed by atoms with E-state index < -0.39 is 0 Å². The van der Waals surface area contributed by atoms with Gasteiger partial charge in [-0.1, -0.05) is 51.4 Å². The van der Waals surface area contributed by atoms with E-state index in [1.165, 1.54) is 77.0 Å². The molecule has 110 valence electrons. The molecule has 0 amide bonds. The second-order valence-electron chi connectivity index (χ2n) is 6.10. The summed E-state index contributed by atoms with van der Waals surface area (Å²) in [6.45, 7) is 0. The summed E-state index contributed by atoms with van der Waals surface area (Å²) in [7, 11) is 0. The molecule has 0 aromatic rings. The third-order valence-corrected chi connectivity index (χ3v) is 4.47.